The summed E-state index contributed by atoms with van der Waals surface area (Å²) in [5.41, 5.74) is 4.21. The minimum absolute atomic E-state index is 0.0558. The van der Waals surface area contributed by atoms with Gasteiger partial charge in [0.2, 0.25) is 0 Å². The molecule has 1 N–H and O–H groups in total. The zero-order valence-electron chi connectivity index (χ0n) is 21.1. The fraction of sp³-hybridized carbons (Fsp3) is 0.233. The molecule has 3 aromatic carbocycles. The molecule has 3 aliphatic rings. The van der Waals surface area contributed by atoms with Crippen LogP contribution in [0.1, 0.15) is 36.8 Å². The number of amides is 1. The van der Waals surface area contributed by atoms with Crippen LogP contribution in [-0.4, -0.2) is 29.1 Å². The highest BCUT2D eigenvalue weighted by Gasteiger charge is 2.39. The van der Waals surface area contributed by atoms with Crippen molar-refractivity contribution >= 4 is 51.7 Å². The summed E-state index contributed by atoms with van der Waals surface area (Å²) < 4.78 is 0. The third-order valence-corrected chi connectivity index (χ3v) is 9.47. The van der Waals surface area contributed by atoms with E-state index < -0.39 is 0 Å². The Labute approximate surface area is 231 Å². The average Bonchev–Trinajstić information content (AvgIpc) is 3.65. The molecular weight excluding hydrogens is 510 g/mol. The minimum atomic E-state index is -0.0558. The average molecular weight is 538 g/mol. The van der Waals surface area contributed by atoms with E-state index in [9.17, 15) is 10.1 Å². The van der Waals surface area contributed by atoms with Crippen LogP contribution in [0.2, 0.25) is 0 Å². The second-order valence-electron chi connectivity index (χ2n) is 9.60. The molecule has 0 radical (unpaired) electrons. The molecule has 1 amide bonds. The van der Waals surface area contributed by atoms with Crippen molar-refractivity contribution in [3.8, 4) is 6.07 Å². The number of amidine groups is 1. The highest BCUT2D eigenvalue weighted by atomic mass is 32.2. The van der Waals surface area contributed by atoms with Gasteiger partial charge in [-0.05, 0) is 60.5 Å². The van der Waals surface area contributed by atoms with E-state index in [1.165, 1.54) is 24.6 Å². The monoisotopic (exact) mass is 537 g/mol. The first kappa shape index (κ1) is 24.7. The number of thioether (sulfide) groups is 2. The van der Waals surface area contributed by atoms with Crippen molar-refractivity contribution in [3.63, 3.8) is 0 Å². The van der Waals surface area contributed by atoms with Gasteiger partial charge in [-0.3, -0.25) is 9.69 Å². The van der Waals surface area contributed by atoms with Crippen LogP contribution < -0.4 is 10.2 Å². The van der Waals surface area contributed by atoms with Crippen molar-refractivity contribution < 1.29 is 4.79 Å². The van der Waals surface area contributed by atoms with Crippen molar-refractivity contribution in [1.82, 2.24) is 4.90 Å². The van der Waals surface area contributed by atoms with Gasteiger partial charge in [-0.1, -0.05) is 67.1 Å². The second kappa shape index (κ2) is 10.6. The number of para-hydroxylation sites is 1. The van der Waals surface area contributed by atoms with E-state index in [1.54, 1.807) is 16.7 Å². The fourth-order valence-corrected chi connectivity index (χ4v) is 7.39. The highest BCUT2D eigenvalue weighted by Crippen LogP contribution is 2.50. The van der Waals surface area contributed by atoms with Crippen LogP contribution >= 0.6 is 23.5 Å². The number of benzene rings is 3. The van der Waals surface area contributed by atoms with Gasteiger partial charge in [0, 0.05) is 18.0 Å². The quantitative estimate of drug-likeness (QED) is 0.351. The first-order chi connectivity index (χ1) is 18.6. The van der Waals surface area contributed by atoms with Crippen LogP contribution in [0.15, 0.2) is 92.6 Å². The number of anilines is 2. The molecule has 0 atom stereocenters. The summed E-state index contributed by atoms with van der Waals surface area (Å²) in [6, 6.07) is 26.6. The van der Waals surface area contributed by atoms with Gasteiger partial charge < -0.3 is 10.2 Å². The van der Waals surface area contributed by atoms with Gasteiger partial charge in [-0.25, -0.2) is 4.99 Å². The molecule has 2 fully saturated rings. The van der Waals surface area contributed by atoms with Crippen LogP contribution in [0.4, 0.5) is 17.1 Å². The molecule has 1 saturated heterocycles. The van der Waals surface area contributed by atoms with Crippen LogP contribution in [0.5, 0.6) is 0 Å². The van der Waals surface area contributed by atoms with Gasteiger partial charge in [-0.2, -0.15) is 5.26 Å². The van der Waals surface area contributed by atoms with Crippen molar-refractivity contribution in [2.75, 3.05) is 17.3 Å². The van der Waals surface area contributed by atoms with Gasteiger partial charge in [0.15, 0.2) is 5.17 Å². The largest absolute Gasteiger partial charge is 0.381 e. The molecule has 8 heteroatoms. The number of fused-ring (bicyclic) bond motifs is 1. The number of aliphatic imine (C=N–C) groups is 1. The molecule has 1 saturated carbocycles. The fourth-order valence-electron chi connectivity index (χ4n) is 5.05. The number of nitrogens with zero attached hydrogens (tertiary/aromatic N) is 4. The van der Waals surface area contributed by atoms with Gasteiger partial charge in [-0.15, -0.1) is 0 Å². The highest BCUT2D eigenvalue weighted by molar-refractivity contribution is 8.19. The van der Waals surface area contributed by atoms with E-state index in [0.29, 0.717) is 33.9 Å². The van der Waals surface area contributed by atoms with Crippen LogP contribution in [0.3, 0.4) is 0 Å². The first-order valence-corrected chi connectivity index (χ1v) is 14.4. The number of nitrogens with one attached hydrogen (secondary N) is 1. The third kappa shape index (κ3) is 4.80. The van der Waals surface area contributed by atoms with Crippen LogP contribution in [0, 0.1) is 11.3 Å². The number of hydrogen-bond donors (Lipinski definition) is 1. The maximum absolute atomic E-state index is 13.8. The molecule has 3 aromatic rings. The molecule has 0 aromatic heterocycles. The summed E-state index contributed by atoms with van der Waals surface area (Å²) in [4.78, 5) is 24.4. The molecule has 0 spiro atoms. The van der Waals surface area contributed by atoms with E-state index in [0.717, 1.165) is 39.7 Å². The van der Waals surface area contributed by atoms with E-state index in [2.05, 4.69) is 28.4 Å². The second-order valence-corrected chi connectivity index (χ2v) is 11.6. The SMILES string of the molecule is CN1/C(=C2\SC(=Nc3ccc(NC4CCCC4)c(C#N)c3)N(Cc3ccccc3)C2=O)Sc2ccccc21. The topological polar surface area (TPSA) is 71.7 Å². The first-order valence-electron chi connectivity index (χ1n) is 12.8. The number of carbonyl (C=O) groups is 1. The molecule has 6 nitrogen and oxygen atoms in total. The summed E-state index contributed by atoms with van der Waals surface area (Å²) >= 11 is 3.02. The van der Waals surface area contributed by atoms with Crippen molar-refractivity contribution in [3.05, 3.63) is 93.9 Å². The Hall–Kier alpha value is -3.67. The zero-order chi connectivity index (χ0) is 26.1. The number of nitriles is 1. The summed E-state index contributed by atoms with van der Waals surface area (Å²) in [5.74, 6) is -0.0558. The van der Waals surface area contributed by atoms with Gasteiger partial charge in [0.25, 0.3) is 5.91 Å². The summed E-state index contributed by atoms with van der Waals surface area (Å²) in [6.45, 7) is 0.427. The maximum atomic E-state index is 13.8. The summed E-state index contributed by atoms with van der Waals surface area (Å²) in [6.07, 6.45) is 4.72. The normalized spacial score (nSPS) is 20.3. The summed E-state index contributed by atoms with van der Waals surface area (Å²) in [5, 5.41) is 14.9. The molecule has 6 rings (SSSR count). The standard InChI is InChI=1S/C30H27N5OS2/c1-34-25-13-7-8-14-26(25)37-29(34)27-28(36)35(19-20-9-3-2-4-10-20)30(38-27)33-23-15-16-24(21(17-23)18-31)32-22-11-5-6-12-22/h2-4,7-10,13-17,22,32H,5-6,11-12,19H2,1H3/b29-27+,33-30?. The lowest BCUT2D eigenvalue weighted by molar-refractivity contribution is -0.122. The molecule has 2 aliphatic heterocycles. The van der Waals surface area contributed by atoms with Crippen LogP contribution in [-0.2, 0) is 11.3 Å². The number of hydrogen-bond acceptors (Lipinski definition) is 7. The number of rotatable bonds is 5. The molecular formula is C30H27N5OS2. The molecule has 2 heterocycles. The zero-order valence-corrected chi connectivity index (χ0v) is 22.7. The van der Waals surface area contributed by atoms with E-state index >= 15 is 0 Å². The molecule has 190 valence electrons. The Bertz CT molecular complexity index is 1490. The minimum Gasteiger partial charge on any atom is -0.381 e. The third-order valence-electron chi connectivity index (χ3n) is 7.04. The lowest BCUT2D eigenvalue weighted by atomic mass is 10.1. The summed E-state index contributed by atoms with van der Waals surface area (Å²) in [7, 11) is 2.00. The number of carbonyl (C=O) groups excluding carboxylic acids is 1. The smallest absolute Gasteiger partial charge is 0.269 e. The molecule has 0 bridgehead atoms. The van der Waals surface area contributed by atoms with Crippen LogP contribution in [0.25, 0.3) is 0 Å². The lowest BCUT2D eigenvalue weighted by Crippen LogP contribution is -2.29. The van der Waals surface area contributed by atoms with E-state index in [-0.39, 0.29) is 5.91 Å². The van der Waals surface area contributed by atoms with Gasteiger partial charge in [0.05, 0.1) is 34.2 Å². The molecule has 1 aliphatic carbocycles. The molecule has 0 unspecified atom stereocenters. The Morgan fingerprint density at radius 1 is 1.03 bits per heavy atom. The Morgan fingerprint density at radius 2 is 1.79 bits per heavy atom. The van der Waals surface area contributed by atoms with Crippen molar-refractivity contribution in [1.29, 1.82) is 5.26 Å². The van der Waals surface area contributed by atoms with Gasteiger partial charge in [0.1, 0.15) is 11.0 Å². The van der Waals surface area contributed by atoms with E-state index in [1.807, 2.05) is 67.7 Å². The Morgan fingerprint density at radius 3 is 2.55 bits per heavy atom. The Balaban J connectivity index is 1.35. The predicted molar refractivity (Wildman–Crippen MR) is 156 cm³/mol. The van der Waals surface area contributed by atoms with Gasteiger partial charge >= 0.3 is 0 Å². The van der Waals surface area contributed by atoms with E-state index in [4.69, 9.17) is 4.99 Å². The van der Waals surface area contributed by atoms with Crippen molar-refractivity contribution in [2.45, 2.75) is 43.2 Å². The van der Waals surface area contributed by atoms with Crippen molar-refractivity contribution in [2.24, 2.45) is 4.99 Å². The maximum Gasteiger partial charge on any atom is 0.269 e. The predicted octanol–water partition coefficient (Wildman–Crippen LogP) is 7.09. The Kier molecular flexibility index (Phi) is 6.88. The lowest BCUT2D eigenvalue weighted by Gasteiger charge is -2.17. The molecule has 38 heavy (non-hydrogen) atoms.